The fourth-order valence-electron chi connectivity index (χ4n) is 1.59. The van der Waals surface area contributed by atoms with Crippen LogP contribution in [0.3, 0.4) is 0 Å². The molecule has 4 heteroatoms. The molecule has 1 saturated heterocycles. The Morgan fingerprint density at radius 1 is 1.40 bits per heavy atom. The number of benzene rings is 1. The van der Waals surface area contributed by atoms with Gasteiger partial charge in [0, 0.05) is 12.1 Å². The molecule has 3 nitrogen and oxygen atoms in total. The van der Waals surface area contributed by atoms with Gasteiger partial charge in [-0.3, -0.25) is 0 Å². The van der Waals surface area contributed by atoms with Crippen LogP contribution in [0.4, 0.5) is 10.1 Å². The maximum Gasteiger partial charge on any atom is 0.151 e. The summed E-state index contributed by atoms with van der Waals surface area (Å²) in [5, 5.41) is 12.1. The summed E-state index contributed by atoms with van der Waals surface area (Å²) < 4.78 is 17.8. The lowest BCUT2D eigenvalue weighted by Gasteiger charge is -2.21. The Balaban J connectivity index is 2.14. The van der Waals surface area contributed by atoms with Crippen LogP contribution >= 0.6 is 0 Å². The number of nitrogens with zero attached hydrogens (tertiary/aromatic N) is 1. The van der Waals surface area contributed by atoms with Gasteiger partial charge in [-0.15, -0.1) is 0 Å². The first-order valence-electron chi connectivity index (χ1n) is 4.77. The van der Waals surface area contributed by atoms with Crippen LogP contribution in [0.5, 0.6) is 0 Å². The Morgan fingerprint density at radius 3 is 2.67 bits per heavy atom. The lowest BCUT2D eigenvalue weighted by Crippen LogP contribution is -2.36. The second kappa shape index (κ2) is 3.87. The van der Waals surface area contributed by atoms with Crippen LogP contribution in [-0.2, 0) is 4.74 Å². The molecule has 1 N–H and O–H groups in total. The Kier molecular flexibility index (Phi) is 2.57. The van der Waals surface area contributed by atoms with Gasteiger partial charge in [-0.2, -0.15) is 5.26 Å². The van der Waals surface area contributed by atoms with Gasteiger partial charge in [0.2, 0.25) is 0 Å². The van der Waals surface area contributed by atoms with Gasteiger partial charge in [-0.1, -0.05) is 0 Å². The van der Waals surface area contributed by atoms with Crippen molar-refractivity contribution in [3.63, 3.8) is 0 Å². The highest BCUT2D eigenvalue weighted by Crippen LogP contribution is 2.23. The summed E-state index contributed by atoms with van der Waals surface area (Å²) in [5.74, 6) is -0.283. The van der Waals surface area contributed by atoms with Crippen molar-refractivity contribution in [2.24, 2.45) is 0 Å². The van der Waals surface area contributed by atoms with Gasteiger partial charge in [0.15, 0.2) is 5.54 Å². The van der Waals surface area contributed by atoms with E-state index < -0.39 is 5.54 Å². The third kappa shape index (κ3) is 2.08. The molecule has 0 radical (unpaired) electrons. The molecule has 0 bridgehead atoms. The predicted molar refractivity (Wildman–Crippen MR) is 53.8 cm³/mol. The zero-order valence-electron chi connectivity index (χ0n) is 8.16. The van der Waals surface area contributed by atoms with Gasteiger partial charge >= 0.3 is 0 Å². The molecular formula is C11H11FN2O. The molecule has 78 valence electrons. The lowest BCUT2D eigenvalue weighted by atomic mass is 10.0. The maximum absolute atomic E-state index is 12.7. The molecule has 2 rings (SSSR count). The van der Waals surface area contributed by atoms with E-state index >= 15 is 0 Å². The van der Waals surface area contributed by atoms with Crippen LogP contribution in [0.2, 0.25) is 0 Å². The minimum Gasteiger partial charge on any atom is -0.378 e. The Morgan fingerprint density at radius 2 is 2.13 bits per heavy atom. The second-order valence-electron chi connectivity index (χ2n) is 3.63. The molecule has 1 aromatic carbocycles. The third-order valence-corrected chi connectivity index (χ3v) is 2.46. The highest BCUT2D eigenvalue weighted by Gasteiger charge is 2.34. The fourth-order valence-corrected chi connectivity index (χ4v) is 1.59. The molecule has 0 saturated carbocycles. The zero-order chi connectivity index (χ0) is 10.7. The van der Waals surface area contributed by atoms with Gasteiger partial charge in [0.1, 0.15) is 5.82 Å². The number of nitriles is 1. The number of hydrogen-bond acceptors (Lipinski definition) is 3. The van der Waals surface area contributed by atoms with Crippen LogP contribution in [0, 0.1) is 17.1 Å². The van der Waals surface area contributed by atoms with Gasteiger partial charge in [0.05, 0.1) is 19.3 Å². The first kappa shape index (κ1) is 9.94. The van der Waals surface area contributed by atoms with E-state index in [4.69, 9.17) is 10.00 Å². The Labute approximate surface area is 87.5 Å². The van der Waals surface area contributed by atoms with Gasteiger partial charge in [0.25, 0.3) is 0 Å². The van der Waals surface area contributed by atoms with Crippen LogP contribution in [0.15, 0.2) is 24.3 Å². The smallest absolute Gasteiger partial charge is 0.151 e. The van der Waals surface area contributed by atoms with Gasteiger partial charge in [-0.25, -0.2) is 4.39 Å². The maximum atomic E-state index is 12.7. The number of hydrogen-bond donors (Lipinski definition) is 1. The molecule has 0 aromatic heterocycles. The number of nitrogens with one attached hydrogen (secondary N) is 1. The topological polar surface area (TPSA) is 45.0 Å². The molecule has 0 amide bonds. The number of rotatable bonds is 2. The van der Waals surface area contributed by atoms with E-state index in [1.54, 1.807) is 12.1 Å². The fraction of sp³-hybridized carbons (Fsp3) is 0.364. The molecule has 1 unspecified atom stereocenters. The average Bonchev–Trinajstić information content (AvgIpc) is 2.71. The van der Waals surface area contributed by atoms with Crippen LogP contribution < -0.4 is 5.32 Å². The van der Waals surface area contributed by atoms with Crippen molar-refractivity contribution in [2.45, 2.75) is 12.0 Å². The second-order valence-corrected chi connectivity index (χ2v) is 3.63. The van der Waals surface area contributed by atoms with Crippen LogP contribution in [0.25, 0.3) is 0 Å². The molecule has 1 heterocycles. The molecule has 1 fully saturated rings. The van der Waals surface area contributed by atoms with Crippen molar-refractivity contribution < 1.29 is 9.13 Å². The number of anilines is 1. The van der Waals surface area contributed by atoms with E-state index in [2.05, 4.69) is 11.4 Å². The largest absolute Gasteiger partial charge is 0.378 e. The summed E-state index contributed by atoms with van der Waals surface area (Å²) in [6, 6.07) is 8.17. The van der Waals surface area contributed by atoms with Crippen molar-refractivity contribution in [1.82, 2.24) is 0 Å². The quantitative estimate of drug-likeness (QED) is 0.804. The van der Waals surface area contributed by atoms with E-state index in [1.165, 1.54) is 12.1 Å². The van der Waals surface area contributed by atoms with E-state index in [0.717, 1.165) is 5.69 Å². The van der Waals surface area contributed by atoms with Gasteiger partial charge in [-0.05, 0) is 24.3 Å². The normalized spacial score (nSPS) is 24.8. The molecule has 1 aliphatic heterocycles. The summed E-state index contributed by atoms with van der Waals surface area (Å²) >= 11 is 0. The lowest BCUT2D eigenvalue weighted by molar-refractivity contribution is 0.189. The van der Waals surface area contributed by atoms with E-state index in [0.29, 0.717) is 19.6 Å². The SMILES string of the molecule is N#CC1(Nc2ccc(F)cc2)CCOC1. The highest BCUT2D eigenvalue weighted by atomic mass is 19.1. The summed E-state index contributed by atoms with van der Waals surface area (Å²) in [6.45, 7) is 0.961. The van der Waals surface area contributed by atoms with Crippen molar-refractivity contribution >= 4 is 5.69 Å². The minimum absolute atomic E-state index is 0.283. The summed E-state index contributed by atoms with van der Waals surface area (Å²) in [7, 11) is 0. The molecule has 0 spiro atoms. The highest BCUT2D eigenvalue weighted by molar-refractivity contribution is 5.48. The summed E-state index contributed by atoms with van der Waals surface area (Å²) in [5.41, 5.74) is 0.0844. The van der Waals surface area contributed by atoms with E-state index in [-0.39, 0.29) is 5.82 Å². The first-order chi connectivity index (χ1) is 7.24. The van der Waals surface area contributed by atoms with E-state index in [9.17, 15) is 4.39 Å². The van der Waals surface area contributed by atoms with Crippen LogP contribution in [0.1, 0.15) is 6.42 Å². The number of halogens is 1. The molecular weight excluding hydrogens is 195 g/mol. The summed E-state index contributed by atoms with van der Waals surface area (Å²) in [6.07, 6.45) is 0.654. The molecule has 1 atom stereocenters. The van der Waals surface area contributed by atoms with Crippen molar-refractivity contribution in [2.75, 3.05) is 18.5 Å². The zero-order valence-corrected chi connectivity index (χ0v) is 8.16. The Bertz CT molecular complexity index is 377. The molecule has 15 heavy (non-hydrogen) atoms. The average molecular weight is 206 g/mol. The predicted octanol–water partition coefficient (Wildman–Crippen LogP) is 1.92. The van der Waals surface area contributed by atoms with E-state index in [1.807, 2.05) is 0 Å². The monoisotopic (exact) mass is 206 g/mol. The molecule has 1 aliphatic rings. The standard InChI is InChI=1S/C11H11FN2O/c12-9-1-3-10(4-2-9)14-11(7-13)5-6-15-8-11/h1-4,14H,5-6,8H2. The molecule has 0 aliphatic carbocycles. The van der Waals surface area contributed by atoms with Crippen molar-refractivity contribution in [1.29, 1.82) is 5.26 Å². The van der Waals surface area contributed by atoms with Gasteiger partial charge < -0.3 is 10.1 Å². The molecule has 1 aromatic rings. The van der Waals surface area contributed by atoms with Crippen molar-refractivity contribution in [3.05, 3.63) is 30.1 Å². The third-order valence-electron chi connectivity index (χ3n) is 2.46. The Hall–Kier alpha value is -1.60. The first-order valence-corrected chi connectivity index (χ1v) is 4.77. The van der Waals surface area contributed by atoms with Crippen LogP contribution in [-0.4, -0.2) is 18.8 Å². The van der Waals surface area contributed by atoms with Crippen molar-refractivity contribution in [3.8, 4) is 6.07 Å². The minimum atomic E-state index is -0.655. The number of ether oxygens (including phenoxy) is 1. The summed E-state index contributed by atoms with van der Waals surface area (Å²) in [4.78, 5) is 0.